The number of benzene rings is 1. The Morgan fingerprint density at radius 1 is 1.33 bits per heavy atom. The molecule has 0 unspecified atom stereocenters. The minimum atomic E-state index is -0.203. The zero-order chi connectivity index (χ0) is 8.81. The molecule has 0 aliphatic heterocycles. The van der Waals surface area contributed by atoms with Crippen LogP contribution in [0.25, 0.3) is 0 Å². The van der Waals surface area contributed by atoms with E-state index in [1.54, 1.807) is 19.2 Å². The lowest BCUT2D eigenvalue weighted by molar-refractivity contribution is 0.174. The van der Waals surface area contributed by atoms with Crippen LogP contribution in [-0.2, 0) is 11.3 Å². The van der Waals surface area contributed by atoms with Crippen LogP contribution < -0.4 is 5.32 Å². The highest BCUT2D eigenvalue weighted by Crippen LogP contribution is 2.01. The summed E-state index contributed by atoms with van der Waals surface area (Å²) in [6, 6.07) is 6.39. The Labute approximate surface area is 71.4 Å². The summed E-state index contributed by atoms with van der Waals surface area (Å²) in [5, 5.41) is 3.03. The van der Waals surface area contributed by atoms with Gasteiger partial charge in [-0.3, -0.25) is 5.32 Å². The fourth-order valence-corrected chi connectivity index (χ4v) is 0.900. The van der Waals surface area contributed by atoms with E-state index in [2.05, 4.69) is 5.32 Å². The molecule has 1 rings (SSSR count). The van der Waals surface area contributed by atoms with E-state index in [-0.39, 0.29) is 5.82 Å². The molecule has 0 aliphatic carbocycles. The van der Waals surface area contributed by atoms with E-state index in [0.717, 1.165) is 5.56 Å². The summed E-state index contributed by atoms with van der Waals surface area (Å²) in [7, 11) is 1.62. The highest BCUT2D eigenvalue weighted by Gasteiger charge is 1.91. The molecule has 0 atom stereocenters. The number of rotatable bonds is 4. The summed E-state index contributed by atoms with van der Waals surface area (Å²) in [4.78, 5) is 0. The van der Waals surface area contributed by atoms with E-state index in [1.165, 1.54) is 12.1 Å². The molecule has 0 radical (unpaired) electrons. The minimum Gasteiger partial charge on any atom is -0.370 e. The molecule has 0 amide bonds. The molecule has 0 aromatic heterocycles. The Balaban J connectivity index is 2.37. The zero-order valence-corrected chi connectivity index (χ0v) is 7.01. The van der Waals surface area contributed by atoms with Gasteiger partial charge in [-0.15, -0.1) is 0 Å². The van der Waals surface area contributed by atoms with Crippen molar-refractivity contribution in [3.8, 4) is 0 Å². The molecule has 12 heavy (non-hydrogen) atoms. The third-order valence-corrected chi connectivity index (χ3v) is 1.49. The average molecular weight is 169 g/mol. The second-order valence-electron chi connectivity index (χ2n) is 2.49. The molecular formula is C9H12FNO. The van der Waals surface area contributed by atoms with Crippen molar-refractivity contribution in [3.63, 3.8) is 0 Å². The van der Waals surface area contributed by atoms with Gasteiger partial charge in [0.25, 0.3) is 0 Å². The normalized spacial score (nSPS) is 10.2. The van der Waals surface area contributed by atoms with Gasteiger partial charge in [-0.2, -0.15) is 0 Å². The lowest BCUT2D eigenvalue weighted by Gasteiger charge is -2.02. The first kappa shape index (κ1) is 9.16. The van der Waals surface area contributed by atoms with E-state index < -0.39 is 0 Å². The van der Waals surface area contributed by atoms with Gasteiger partial charge in [0.15, 0.2) is 0 Å². The first-order valence-corrected chi connectivity index (χ1v) is 3.77. The Hall–Kier alpha value is -0.930. The van der Waals surface area contributed by atoms with Crippen LogP contribution in [0.1, 0.15) is 5.56 Å². The molecule has 0 spiro atoms. The second kappa shape index (κ2) is 4.85. The van der Waals surface area contributed by atoms with Crippen LogP contribution in [-0.4, -0.2) is 13.8 Å². The van der Waals surface area contributed by atoms with Gasteiger partial charge < -0.3 is 4.74 Å². The van der Waals surface area contributed by atoms with Crippen LogP contribution in [0.2, 0.25) is 0 Å². The summed E-state index contributed by atoms with van der Waals surface area (Å²) >= 11 is 0. The molecule has 0 aliphatic rings. The minimum absolute atomic E-state index is 0.203. The smallest absolute Gasteiger partial charge is 0.123 e. The number of hydrogen-bond acceptors (Lipinski definition) is 2. The zero-order valence-electron chi connectivity index (χ0n) is 7.01. The van der Waals surface area contributed by atoms with Gasteiger partial charge >= 0.3 is 0 Å². The summed E-state index contributed by atoms with van der Waals surface area (Å²) in [5.74, 6) is -0.203. The monoisotopic (exact) mass is 169 g/mol. The molecule has 0 saturated heterocycles. The van der Waals surface area contributed by atoms with Crippen molar-refractivity contribution in [2.75, 3.05) is 13.8 Å². The summed E-state index contributed by atoms with van der Waals surface area (Å²) in [6.45, 7) is 1.21. The lowest BCUT2D eigenvalue weighted by atomic mass is 10.2. The highest BCUT2D eigenvalue weighted by atomic mass is 19.1. The summed E-state index contributed by atoms with van der Waals surface area (Å²) in [5.41, 5.74) is 1.05. The number of hydrogen-bond donors (Lipinski definition) is 1. The van der Waals surface area contributed by atoms with Crippen LogP contribution in [0.5, 0.6) is 0 Å². The fraction of sp³-hybridized carbons (Fsp3) is 0.333. The maximum atomic E-state index is 12.4. The quantitative estimate of drug-likeness (QED) is 0.545. The van der Waals surface area contributed by atoms with E-state index in [1.807, 2.05) is 0 Å². The summed E-state index contributed by atoms with van der Waals surface area (Å²) < 4.78 is 17.2. The molecule has 66 valence electrons. The number of ether oxygens (including phenoxy) is 1. The molecule has 1 aromatic rings. The van der Waals surface area contributed by atoms with E-state index in [9.17, 15) is 4.39 Å². The third-order valence-electron chi connectivity index (χ3n) is 1.49. The van der Waals surface area contributed by atoms with Crippen LogP contribution in [0.4, 0.5) is 4.39 Å². The number of nitrogens with one attached hydrogen (secondary N) is 1. The molecule has 1 N–H and O–H groups in total. The number of methoxy groups -OCH3 is 1. The second-order valence-corrected chi connectivity index (χ2v) is 2.49. The Kier molecular flexibility index (Phi) is 3.70. The van der Waals surface area contributed by atoms with Gasteiger partial charge in [-0.25, -0.2) is 4.39 Å². The molecule has 1 aromatic carbocycles. The van der Waals surface area contributed by atoms with Crippen LogP contribution in [0.15, 0.2) is 24.3 Å². The summed E-state index contributed by atoms with van der Waals surface area (Å²) in [6.07, 6.45) is 0. The van der Waals surface area contributed by atoms with E-state index in [0.29, 0.717) is 13.3 Å². The molecule has 0 fully saturated rings. The van der Waals surface area contributed by atoms with Crippen LogP contribution >= 0.6 is 0 Å². The van der Waals surface area contributed by atoms with E-state index >= 15 is 0 Å². The first-order chi connectivity index (χ1) is 5.83. The van der Waals surface area contributed by atoms with Crippen LogP contribution in [0.3, 0.4) is 0 Å². The number of halogens is 1. The SMILES string of the molecule is COCNCc1ccc(F)cc1. The Morgan fingerprint density at radius 2 is 2.00 bits per heavy atom. The molecule has 3 heteroatoms. The van der Waals surface area contributed by atoms with Crippen molar-refractivity contribution >= 4 is 0 Å². The standard InChI is InChI=1S/C9H12FNO/c1-12-7-11-6-8-2-4-9(10)5-3-8/h2-5,11H,6-7H2,1H3. The largest absolute Gasteiger partial charge is 0.370 e. The molecular weight excluding hydrogens is 157 g/mol. The van der Waals surface area contributed by atoms with Crippen molar-refractivity contribution < 1.29 is 9.13 Å². The maximum absolute atomic E-state index is 12.4. The fourth-order valence-electron chi connectivity index (χ4n) is 0.900. The van der Waals surface area contributed by atoms with Gasteiger partial charge in [0, 0.05) is 13.7 Å². The topological polar surface area (TPSA) is 21.3 Å². The van der Waals surface area contributed by atoms with Crippen molar-refractivity contribution in [1.29, 1.82) is 0 Å². The molecule has 0 bridgehead atoms. The van der Waals surface area contributed by atoms with Crippen LogP contribution in [0, 0.1) is 5.82 Å². The van der Waals surface area contributed by atoms with E-state index in [4.69, 9.17) is 4.74 Å². The molecule has 2 nitrogen and oxygen atoms in total. The predicted octanol–water partition coefficient (Wildman–Crippen LogP) is 1.52. The Bertz CT molecular complexity index is 222. The highest BCUT2D eigenvalue weighted by molar-refractivity contribution is 5.15. The third kappa shape index (κ3) is 2.98. The van der Waals surface area contributed by atoms with Crippen molar-refractivity contribution in [1.82, 2.24) is 5.32 Å². The van der Waals surface area contributed by atoms with Crippen molar-refractivity contribution in [2.24, 2.45) is 0 Å². The predicted molar refractivity (Wildman–Crippen MR) is 45.1 cm³/mol. The Morgan fingerprint density at radius 3 is 2.58 bits per heavy atom. The lowest BCUT2D eigenvalue weighted by Crippen LogP contribution is -2.15. The average Bonchev–Trinajstić information content (AvgIpc) is 2.09. The van der Waals surface area contributed by atoms with Gasteiger partial charge in [0.2, 0.25) is 0 Å². The maximum Gasteiger partial charge on any atom is 0.123 e. The van der Waals surface area contributed by atoms with Crippen molar-refractivity contribution in [2.45, 2.75) is 6.54 Å². The molecule has 0 saturated carbocycles. The van der Waals surface area contributed by atoms with Gasteiger partial charge in [-0.1, -0.05) is 12.1 Å². The van der Waals surface area contributed by atoms with Gasteiger partial charge in [-0.05, 0) is 17.7 Å². The van der Waals surface area contributed by atoms with Gasteiger partial charge in [0.05, 0.1) is 6.73 Å². The van der Waals surface area contributed by atoms with Gasteiger partial charge in [0.1, 0.15) is 5.82 Å². The first-order valence-electron chi connectivity index (χ1n) is 3.77. The van der Waals surface area contributed by atoms with Crippen molar-refractivity contribution in [3.05, 3.63) is 35.6 Å². The molecule has 0 heterocycles.